The summed E-state index contributed by atoms with van der Waals surface area (Å²) in [6.07, 6.45) is 6.53. The molecular formula is C29H47ClF3N5O2. The Morgan fingerprint density at radius 2 is 1.73 bits per heavy atom. The summed E-state index contributed by atoms with van der Waals surface area (Å²) in [5.41, 5.74) is 11.7. The zero-order valence-electron chi connectivity index (χ0n) is 24.6. The van der Waals surface area contributed by atoms with Gasteiger partial charge in [0, 0.05) is 42.4 Å². The number of hydrogen-bond donors (Lipinski definition) is 4. The van der Waals surface area contributed by atoms with Gasteiger partial charge in [0.05, 0.1) is 6.61 Å². The molecule has 2 unspecified atom stereocenters. The molecule has 2 fully saturated rings. The third-order valence-corrected chi connectivity index (χ3v) is 6.38. The zero-order chi connectivity index (χ0) is 31.5. The Bertz CT molecular complexity index is 932. The molecule has 1 aliphatic carbocycles. The first-order chi connectivity index (χ1) is 18.7. The van der Waals surface area contributed by atoms with Crippen LogP contribution in [0.2, 0.25) is 0 Å². The van der Waals surface area contributed by atoms with Gasteiger partial charge in [-0.2, -0.15) is 13.2 Å². The van der Waals surface area contributed by atoms with Gasteiger partial charge in [-0.15, -0.1) is 0 Å². The largest absolute Gasteiger partial charge is 0.411 e. The molecule has 0 aromatic carbocycles. The number of amides is 1. The first-order valence-electron chi connectivity index (χ1n) is 13.1. The maximum Gasteiger partial charge on any atom is 0.411 e. The quantitative estimate of drug-likeness (QED) is 0.104. The van der Waals surface area contributed by atoms with E-state index >= 15 is 0 Å². The van der Waals surface area contributed by atoms with Crippen molar-refractivity contribution in [1.82, 2.24) is 5.32 Å². The number of allylic oxidation sites excluding steroid dienone is 5. The normalized spacial score (nSPS) is 18.1. The molecule has 0 bridgehead atoms. The highest BCUT2D eigenvalue weighted by Gasteiger charge is 2.45. The molecule has 2 aliphatic rings. The van der Waals surface area contributed by atoms with Crippen LogP contribution < -0.4 is 16.8 Å². The van der Waals surface area contributed by atoms with E-state index in [-0.39, 0.29) is 23.7 Å². The number of ether oxygens (including phenoxy) is 1. The lowest BCUT2D eigenvalue weighted by Gasteiger charge is -2.49. The Morgan fingerprint density at radius 1 is 1.20 bits per heavy atom. The molecule has 1 saturated carbocycles. The fourth-order valence-electron chi connectivity index (χ4n) is 3.50. The van der Waals surface area contributed by atoms with E-state index in [1.165, 1.54) is 64.6 Å². The lowest BCUT2D eigenvalue weighted by molar-refractivity contribution is -0.150. The smallest absolute Gasteiger partial charge is 0.384 e. The van der Waals surface area contributed by atoms with Crippen LogP contribution in [0.3, 0.4) is 0 Å². The average molecular weight is 590 g/mol. The van der Waals surface area contributed by atoms with Crippen LogP contribution in [-0.4, -0.2) is 56.5 Å². The van der Waals surface area contributed by atoms with E-state index in [0.717, 1.165) is 11.5 Å². The number of nitrogens with zero attached hydrogens (tertiary/aromatic N) is 1. The second kappa shape index (κ2) is 20.2. The topological polar surface area (TPSA) is 127 Å². The third kappa shape index (κ3) is 15.2. The van der Waals surface area contributed by atoms with Crippen molar-refractivity contribution in [3.8, 4) is 0 Å². The highest BCUT2D eigenvalue weighted by Crippen LogP contribution is 2.43. The number of aliphatic imine (C=N–C) groups is 1. The minimum Gasteiger partial charge on any atom is -0.384 e. The first-order valence-corrected chi connectivity index (χ1v) is 13.4. The molecule has 11 heteroatoms. The number of nitrogens with two attached hydrogens (primary N) is 2. The van der Waals surface area contributed by atoms with E-state index < -0.39 is 24.0 Å². The van der Waals surface area contributed by atoms with Gasteiger partial charge in [0.15, 0.2) is 6.04 Å². The highest BCUT2D eigenvalue weighted by molar-refractivity contribution is 6.31. The van der Waals surface area contributed by atoms with Crippen LogP contribution in [0.15, 0.2) is 64.7 Å². The lowest BCUT2D eigenvalue weighted by atomic mass is 9.65. The van der Waals surface area contributed by atoms with Gasteiger partial charge in [-0.3, -0.25) is 9.79 Å². The zero-order valence-corrected chi connectivity index (χ0v) is 25.4. The van der Waals surface area contributed by atoms with E-state index in [9.17, 15) is 18.0 Å². The van der Waals surface area contributed by atoms with E-state index in [2.05, 4.69) is 29.2 Å². The van der Waals surface area contributed by atoms with E-state index in [4.69, 9.17) is 27.5 Å². The molecule has 40 heavy (non-hydrogen) atoms. The Kier molecular flexibility index (Phi) is 19.9. The number of rotatable bonds is 10. The lowest BCUT2D eigenvalue weighted by Crippen LogP contribution is -2.57. The van der Waals surface area contributed by atoms with Gasteiger partial charge in [0.2, 0.25) is 5.91 Å². The summed E-state index contributed by atoms with van der Waals surface area (Å²) in [5, 5.41) is 11.3. The number of carbonyl (C=O) groups is 1. The van der Waals surface area contributed by atoms with Gasteiger partial charge in [-0.05, 0) is 51.2 Å². The summed E-state index contributed by atoms with van der Waals surface area (Å²) in [7, 11) is 1.38. The number of alkyl halides is 3. The summed E-state index contributed by atoms with van der Waals surface area (Å²) >= 11 is 5.91. The maximum atomic E-state index is 13.6. The van der Waals surface area contributed by atoms with E-state index in [1.54, 1.807) is 19.9 Å². The molecular weight excluding hydrogens is 543 g/mol. The van der Waals surface area contributed by atoms with Crippen molar-refractivity contribution in [2.24, 2.45) is 27.8 Å². The second-order valence-electron chi connectivity index (χ2n) is 9.16. The number of nitrogens with one attached hydrogen (secondary N) is 2. The van der Waals surface area contributed by atoms with Crippen molar-refractivity contribution in [3.05, 3.63) is 59.7 Å². The Labute approximate surface area is 242 Å². The summed E-state index contributed by atoms with van der Waals surface area (Å²) in [4.78, 5) is 13.2. The minimum atomic E-state index is -4.70. The average Bonchev–Trinajstić information content (AvgIpc) is 2.84. The van der Waals surface area contributed by atoms with E-state index in [0.29, 0.717) is 10.6 Å². The van der Waals surface area contributed by atoms with Crippen LogP contribution in [0.25, 0.3) is 0 Å². The summed E-state index contributed by atoms with van der Waals surface area (Å²) < 4.78 is 45.8. The predicted octanol–water partition coefficient (Wildman–Crippen LogP) is 6.22. The van der Waals surface area contributed by atoms with Gasteiger partial charge in [0.1, 0.15) is 5.84 Å². The number of halogens is 4. The monoisotopic (exact) mass is 589 g/mol. The van der Waals surface area contributed by atoms with Crippen molar-refractivity contribution in [2.75, 3.05) is 26.8 Å². The number of amidine groups is 1. The van der Waals surface area contributed by atoms with Gasteiger partial charge >= 0.3 is 6.18 Å². The second-order valence-corrected chi connectivity index (χ2v) is 9.60. The van der Waals surface area contributed by atoms with Crippen molar-refractivity contribution >= 4 is 29.1 Å². The van der Waals surface area contributed by atoms with Crippen LogP contribution in [-0.2, 0) is 9.53 Å². The summed E-state index contributed by atoms with van der Waals surface area (Å²) in [5.74, 6) is -2.12. The Hall–Kier alpha value is -2.69. The number of methoxy groups -OCH3 is 1. The number of primary amides is 1. The first kappa shape index (κ1) is 39.5. The Balaban J connectivity index is 0. The molecule has 1 aliphatic heterocycles. The Morgan fingerprint density at radius 3 is 1.98 bits per heavy atom. The van der Waals surface area contributed by atoms with Crippen molar-refractivity contribution in [3.63, 3.8) is 0 Å². The highest BCUT2D eigenvalue weighted by atomic mass is 35.5. The van der Waals surface area contributed by atoms with Crippen LogP contribution in [0.1, 0.15) is 53.9 Å². The van der Waals surface area contributed by atoms with Crippen molar-refractivity contribution < 1.29 is 22.7 Å². The fraction of sp³-hybridized carbons (Fsp3) is 0.552. The molecule has 0 radical (unpaired) electrons. The third-order valence-electron chi connectivity index (χ3n) is 6.05. The van der Waals surface area contributed by atoms with Gasteiger partial charge in [-0.1, -0.05) is 68.8 Å². The van der Waals surface area contributed by atoms with Crippen LogP contribution >= 0.6 is 11.6 Å². The van der Waals surface area contributed by atoms with Gasteiger partial charge in [0.25, 0.3) is 0 Å². The molecule has 7 nitrogen and oxygen atoms in total. The maximum absolute atomic E-state index is 13.6. The number of carbonyl (C=O) groups excluding carboxylic acids is 1. The van der Waals surface area contributed by atoms with Crippen LogP contribution in [0.4, 0.5) is 13.2 Å². The van der Waals surface area contributed by atoms with Crippen LogP contribution in [0, 0.1) is 16.7 Å². The SMILES string of the molecule is C1CC2(C1)CNC2.C=C/C(C)=C\C(C(C)=N)C(N=C(N)/C(=C\C(Cl)=C/C)COC)C(F)(F)F.C=CC(N)=O.CC. The van der Waals surface area contributed by atoms with Crippen molar-refractivity contribution in [1.29, 1.82) is 5.41 Å². The van der Waals surface area contributed by atoms with Gasteiger partial charge in [-0.25, -0.2) is 0 Å². The molecule has 1 spiro atoms. The molecule has 6 N–H and O–H groups in total. The summed E-state index contributed by atoms with van der Waals surface area (Å²) in [6, 6.07) is -2.21. The molecule has 2 atom stereocenters. The van der Waals surface area contributed by atoms with Crippen LogP contribution in [0.5, 0.6) is 0 Å². The molecule has 1 amide bonds. The van der Waals surface area contributed by atoms with E-state index in [1.807, 2.05) is 13.8 Å². The molecule has 1 saturated heterocycles. The standard InChI is InChI=1S/C18H25ClF3N3O.C6H11N.C3H5NO.C2H6/c1-6-11(3)8-15(12(4)23)16(18(20,21)22)25-17(24)13(10-26-5)9-14(19)7-2;1-2-6(3-1)4-7-5-6;1-2-3(4)5;1-2/h6-9,15-16,23H,1,10H2,2-5H3,(H2,24,25);7H,1-5H2;2H,1H2,(H2,4,5);1-2H3/b11-8-,13-9-,14-7+,23-12?;;;. The number of hydrogen-bond acceptors (Lipinski definition) is 5. The fourth-order valence-corrected chi connectivity index (χ4v) is 3.63. The van der Waals surface area contributed by atoms with Crippen molar-refractivity contribution in [2.45, 2.75) is 66.1 Å². The summed E-state index contributed by atoms with van der Waals surface area (Å²) in [6.45, 7) is 17.7. The van der Waals surface area contributed by atoms with Gasteiger partial charge < -0.3 is 26.9 Å². The molecule has 1 heterocycles. The predicted molar refractivity (Wildman–Crippen MR) is 162 cm³/mol. The molecule has 2 rings (SSSR count). The molecule has 0 aromatic heterocycles. The minimum absolute atomic E-state index is 0.0558. The molecule has 228 valence electrons. The molecule has 0 aromatic rings.